The summed E-state index contributed by atoms with van der Waals surface area (Å²) in [5.74, 6) is 6.06. The largest absolute Gasteiger partial charge is 0.392 e. The number of benzene rings is 1. The van der Waals surface area contributed by atoms with Crippen LogP contribution in [-0.4, -0.2) is 14.7 Å². The van der Waals surface area contributed by atoms with Crippen LogP contribution in [0, 0.1) is 0 Å². The lowest BCUT2D eigenvalue weighted by atomic mass is 10.2. The number of nitrogens with zero attached hydrogens (tertiary/aromatic N) is 2. The quantitative estimate of drug-likeness (QED) is 0.434. The van der Waals surface area contributed by atoms with Gasteiger partial charge in [0.25, 0.3) is 0 Å². The van der Waals surface area contributed by atoms with Crippen LogP contribution in [0.5, 0.6) is 0 Å². The molecule has 0 saturated heterocycles. The van der Waals surface area contributed by atoms with Gasteiger partial charge in [0, 0.05) is 22.2 Å². The standard InChI is InChI=1S/C10H12N4OS2/c11-12-10-9(13-14-17-10)6-16-8-3-1-7(5-15)2-4-8/h1-4,12,15H,5-6,11H2. The second-order valence-electron chi connectivity index (χ2n) is 3.28. The molecule has 0 bridgehead atoms. The fourth-order valence-corrected chi connectivity index (χ4v) is 2.67. The Bertz CT molecular complexity index is 471. The van der Waals surface area contributed by atoms with Gasteiger partial charge >= 0.3 is 0 Å². The fourth-order valence-electron chi connectivity index (χ4n) is 1.26. The van der Waals surface area contributed by atoms with Gasteiger partial charge in [-0.3, -0.25) is 0 Å². The summed E-state index contributed by atoms with van der Waals surface area (Å²) < 4.78 is 3.84. The van der Waals surface area contributed by atoms with Crippen LogP contribution < -0.4 is 11.3 Å². The van der Waals surface area contributed by atoms with Crippen molar-refractivity contribution in [1.29, 1.82) is 0 Å². The van der Waals surface area contributed by atoms with Gasteiger partial charge in [-0.1, -0.05) is 16.6 Å². The van der Waals surface area contributed by atoms with E-state index in [4.69, 9.17) is 10.9 Å². The van der Waals surface area contributed by atoms with E-state index in [1.807, 2.05) is 24.3 Å². The van der Waals surface area contributed by atoms with E-state index in [9.17, 15) is 0 Å². The zero-order chi connectivity index (χ0) is 12.1. The van der Waals surface area contributed by atoms with Gasteiger partial charge in [0.1, 0.15) is 10.7 Å². The number of anilines is 1. The summed E-state index contributed by atoms with van der Waals surface area (Å²) in [5, 5.41) is 13.7. The van der Waals surface area contributed by atoms with Gasteiger partial charge in [-0.2, -0.15) is 0 Å². The molecule has 0 aliphatic rings. The Balaban J connectivity index is 1.97. The minimum absolute atomic E-state index is 0.0716. The monoisotopic (exact) mass is 268 g/mol. The molecule has 0 atom stereocenters. The van der Waals surface area contributed by atoms with Crippen LogP contribution in [0.15, 0.2) is 29.2 Å². The van der Waals surface area contributed by atoms with Crippen LogP contribution in [-0.2, 0) is 12.4 Å². The van der Waals surface area contributed by atoms with E-state index >= 15 is 0 Å². The molecule has 0 radical (unpaired) electrons. The van der Waals surface area contributed by atoms with Gasteiger partial charge in [-0.25, -0.2) is 5.84 Å². The number of aliphatic hydroxyl groups is 1. The predicted octanol–water partition coefficient (Wildman–Crippen LogP) is 1.61. The number of rotatable bonds is 5. The van der Waals surface area contributed by atoms with Crippen LogP contribution >= 0.6 is 23.3 Å². The number of nitrogen functional groups attached to an aromatic ring is 1. The Morgan fingerprint density at radius 3 is 2.76 bits per heavy atom. The number of aliphatic hydroxyl groups excluding tert-OH is 1. The molecule has 0 aliphatic carbocycles. The SMILES string of the molecule is NNc1snnc1CSc1ccc(CO)cc1. The summed E-state index contributed by atoms with van der Waals surface area (Å²) in [6.07, 6.45) is 0. The van der Waals surface area contributed by atoms with E-state index in [1.54, 1.807) is 11.8 Å². The summed E-state index contributed by atoms with van der Waals surface area (Å²) in [6, 6.07) is 7.77. The van der Waals surface area contributed by atoms with Gasteiger partial charge in [0.15, 0.2) is 0 Å². The highest BCUT2D eigenvalue weighted by Gasteiger charge is 2.06. The van der Waals surface area contributed by atoms with Crippen LogP contribution in [0.4, 0.5) is 5.00 Å². The Kier molecular flexibility index (Phi) is 4.32. The topological polar surface area (TPSA) is 84.1 Å². The number of thioether (sulfide) groups is 1. The van der Waals surface area contributed by atoms with E-state index in [1.165, 1.54) is 11.5 Å². The van der Waals surface area contributed by atoms with E-state index < -0.39 is 0 Å². The zero-order valence-corrected chi connectivity index (χ0v) is 10.6. The first kappa shape index (κ1) is 12.3. The van der Waals surface area contributed by atoms with Crippen molar-refractivity contribution in [2.45, 2.75) is 17.3 Å². The first-order valence-electron chi connectivity index (χ1n) is 4.94. The lowest BCUT2D eigenvalue weighted by Gasteiger charge is -2.02. The number of aromatic nitrogens is 2. The lowest BCUT2D eigenvalue weighted by Crippen LogP contribution is -2.06. The molecule has 0 aliphatic heterocycles. The van der Waals surface area contributed by atoms with Crippen molar-refractivity contribution in [2.24, 2.45) is 5.84 Å². The van der Waals surface area contributed by atoms with Crippen LogP contribution in [0.3, 0.4) is 0 Å². The first-order chi connectivity index (χ1) is 8.33. The third-order valence-corrected chi connectivity index (χ3v) is 3.89. The van der Waals surface area contributed by atoms with Crippen molar-refractivity contribution in [3.63, 3.8) is 0 Å². The smallest absolute Gasteiger partial charge is 0.148 e. The highest BCUT2D eigenvalue weighted by molar-refractivity contribution is 7.98. The lowest BCUT2D eigenvalue weighted by molar-refractivity contribution is 0.282. The summed E-state index contributed by atoms with van der Waals surface area (Å²) >= 11 is 2.90. The molecule has 2 rings (SSSR count). The molecule has 1 aromatic carbocycles. The summed E-state index contributed by atoms with van der Waals surface area (Å²) in [5.41, 5.74) is 4.34. The Morgan fingerprint density at radius 2 is 2.12 bits per heavy atom. The molecule has 0 spiro atoms. The van der Waals surface area contributed by atoms with E-state index in [2.05, 4.69) is 15.0 Å². The predicted molar refractivity (Wildman–Crippen MR) is 69.6 cm³/mol. The maximum absolute atomic E-state index is 8.93. The summed E-state index contributed by atoms with van der Waals surface area (Å²) in [7, 11) is 0. The molecular weight excluding hydrogens is 256 g/mol. The third-order valence-electron chi connectivity index (χ3n) is 2.17. The van der Waals surface area contributed by atoms with Crippen molar-refractivity contribution < 1.29 is 5.11 Å². The normalized spacial score (nSPS) is 10.5. The number of nitrogens with two attached hydrogens (primary N) is 1. The minimum Gasteiger partial charge on any atom is -0.392 e. The Morgan fingerprint density at radius 1 is 1.35 bits per heavy atom. The molecule has 0 saturated carbocycles. The van der Waals surface area contributed by atoms with Gasteiger partial charge in [-0.05, 0) is 17.7 Å². The van der Waals surface area contributed by atoms with Crippen LogP contribution in [0.1, 0.15) is 11.3 Å². The molecule has 1 aromatic heterocycles. The molecule has 7 heteroatoms. The van der Waals surface area contributed by atoms with Gasteiger partial charge < -0.3 is 10.5 Å². The van der Waals surface area contributed by atoms with Crippen LogP contribution in [0.2, 0.25) is 0 Å². The third kappa shape index (κ3) is 3.16. The maximum atomic E-state index is 8.93. The fraction of sp³-hybridized carbons (Fsp3) is 0.200. The van der Waals surface area contributed by atoms with Crippen molar-refractivity contribution in [2.75, 3.05) is 5.43 Å². The molecule has 0 unspecified atom stereocenters. The number of hydrazine groups is 1. The van der Waals surface area contributed by atoms with E-state index in [0.717, 1.165) is 21.2 Å². The maximum Gasteiger partial charge on any atom is 0.148 e. The summed E-state index contributed by atoms with van der Waals surface area (Å²) in [4.78, 5) is 1.12. The van der Waals surface area contributed by atoms with E-state index in [-0.39, 0.29) is 6.61 Å². The minimum atomic E-state index is 0.0716. The Labute approximate surface area is 107 Å². The summed E-state index contributed by atoms with van der Waals surface area (Å²) in [6.45, 7) is 0.0716. The highest BCUT2D eigenvalue weighted by Crippen LogP contribution is 2.26. The van der Waals surface area contributed by atoms with Crippen molar-refractivity contribution in [3.8, 4) is 0 Å². The second kappa shape index (κ2) is 5.97. The molecule has 1 heterocycles. The molecule has 5 nitrogen and oxygen atoms in total. The van der Waals surface area contributed by atoms with Gasteiger partial charge in [0.05, 0.1) is 6.61 Å². The molecule has 2 aromatic rings. The number of nitrogens with one attached hydrogen (secondary N) is 1. The molecule has 90 valence electrons. The molecule has 0 fully saturated rings. The van der Waals surface area contributed by atoms with Crippen molar-refractivity contribution >= 4 is 28.3 Å². The molecule has 0 amide bonds. The highest BCUT2D eigenvalue weighted by atomic mass is 32.2. The van der Waals surface area contributed by atoms with Gasteiger partial charge in [-0.15, -0.1) is 16.9 Å². The zero-order valence-electron chi connectivity index (χ0n) is 8.96. The molecule has 17 heavy (non-hydrogen) atoms. The molecule has 4 N–H and O–H groups in total. The molecular formula is C10H12N4OS2. The average Bonchev–Trinajstić information content (AvgIpc) is 2.84. The van der Waals surface area contributed by atoms with Crippen molar-refractivity contribution in [3.05, 3.63) is 35.5 Å². The number of hydrogen-bond acceptors (Lipinski definition) is 7. The first-order valence-corrected chi connectivity index (χ1v) is 6.70. The Hall–Kier alpha value is -1.15. The average molecular weight is 268 g/mol. The van der Waals surface area contributed by atoms with Gasteiger partial charge in [0.2, 0.25) is 0 Å². The second-order valence-corrected chi connectivity index (χ2v) is 5.09. The van der Waals surface area contributed by atoms with E-state index in [0.29, 0.717) is 5.75 Å². The van der Waals surface area contributed by atoms with Crippen molar-refractivity contribution in [1.82, 2.24) is 9.59 Å². The van der Waals surface area contributed by atoms with Crippen LogP contribution in [0.25, 0.3) is 0 Å². The number of hydrogen-bond donors (Lipinski definition) is 3.